The fourth-order valence-electron chi connectivity index (χ4n) is 1.89. The lowest BCUT2D eigenvalue weighted by molar-refractivity contribution is 0.0652. The fraction of sp³-hybridized carbons (Fsp3) is 0.500. The van der Waals surface area contributed by atoms with Gasteiger partial charge in [-0.05, 0) is 38.3 Å². The van der Waals surface area contributed by atoms with Gasteiger partial charge in [-0.1, -0.05) is 11.6 Å². The number of hydrogen-bond donors (Lipinski definition) is 0. The summed E-state index contributed by atoms with van der Waals surface area (Å²) in [5.41, 5.74) is 1.41. The summed E-state index contributed by atoms with van der Waals surface area (Å²) in [6.45, 7) is 1.84. The number of rotatable bonds is 2. The molecule has 0 atom stereocenters. The Balaban J connectivity index is 2.19. The number of carbonyl (C=O) groups excluding carboxylic acids is 1. The zero-order valence-corrected chi connectivity index (χ0v) is 10.3. The van der Waals surface area contributed by atoms with Gasteiger partial charge in [-0.25, -0.2) is 4.98 Å². The first kappa shape index (κ1) is 11.4. The van der Waals surface area contributed by atoms with E-state index in [-0.39, 0.29) is 5.91 Å². The molecule has 1 amide bonds. The van der Waals surface area contributed by atoms with Crippen molar-refractivity contribution in [2.75, 3.05) is 7.05 Å². The van der Waals surface area contributed by atoms with E-state index in [9.17, 15) is 4.79 Å². The fourth-order valence-corrected chi connectivity index (χ4v) is 2.15. The maximum atomic E-state index is 12.1. The summed E-state index contributed by atoms with van der Waals surface area (Å²) in [7, 11) is 1.86. The van der Waals surface area contributed by atoms with E-state index < -0.39 is 0 Å². The van der Waals surface area contributed by atoms with Crippen LogP contribution in [0.15, 0.2) is 12.1 Å². The van der Waals surface area contributed by atoms with Crippen molar-refractivity contribution in [2.24, 2.45) is 0 Å². The number of aromatic nitrogens is 1. The molecule has 1 heterocycles. The van der Waals surface area contributed by atoms with Crippen molar-refractivity contribution in [3.05, 3.63) is 28.5 Å². The van der Waals surface area contributed by atoms with Crippen molar-refractivity contribution in [1.82, 2.24) is 9.88 Å². The van der Waals surface area contributed by atoms with Gasteiger partial charge in [0.1, 0.15) is 5.15 Å². The number of pyridine rings is 1. The lowest BCUT2D eigenvalue weighted by Gasteiger charge is -2.34. The molecular formula is C12H15ClN2O. The number of aryl methyl sites for hydroxylation is 1. The van der Waals surface area contributed by atoms with Crippen LogP contribution in [0, 0.1) is 6.92 Å². The van der Waals surface area contributed by atoms with E-state index in [1.165, 1.54) is 6.42 Å². The molecule has 0 saturated heterocycles. The summed E-state index contributed by atoms with van der Waals surface area (Å²) in [6.07, 6.45) is 3.44. The summed E-state index contributed by atoms with van der Waals surface area (Å²) in [6, 6.07) is 3.81. The van der Waals surface area contributed by atoms with E-state index in [1.54, 1.807) is 12.1 Å². The van der Waals surface area contributed by atoms with Gasteiger partial charge in [-0.3, -0.25) is 4.79 Å². The van der Waals surface area contributed by atoms with E-state index in [0.29, 0.717) is 16.8 Å². The van der Waals surface area contributed by atoms with Crippen molar-refractivity contribution in [3.8, 4) is 0 Å². The molecule has 3 nitrogen and oxygen atoms in total. The first-order valence-electron chi connectivity index (χ1n) is 5.49. The monoisotopic (exact) mass is 238 g/mol. The van der Waals surface area contributed by atoms with Crippen LogP contribution in [0.5, 0.6) is 0 Å². The first-order chi connectivity index (χ1) is 7.58. The van der Waals surface area contributed by atoms with E-state index in [0.717, 1.165) is 18.5 Å². The molecule has 86 valence electrons. The Morgan fingerprint density at radius 1 is 1.50 bits per heavy atom. The molecule has 0 N–H and O–H groups in total. The molecule has 2 rings (SSSR count). The van der Waals surface area contributed by atoms with Crippen LogP contribution in [0.4, 0.5) is 0 Å². The zero-order chi connectivity index (χ0) is 11.7. The van der Waals surface area contributed by atoms with Crippen LogP contribution < -0.4 is 0 Å². The van der Waals surface area contributed by atoms with Gasteiger partial charge in [0.05, 0.1) is 0 Å². The highest BCUT2D eigenvalue weighted by Crippen LogP contribution is 2.25. The molecule has 0 aliphatic heterocycles. The molecule has 0 aromatic carbocycles. The minimum Gasteiger partial charge on any atom is -0.339 e. The van der Waals surface area contributed by atoms with Crippen molar-refractivity contribution in [2.45, 2.75) is 32.2 Å². The zero-order valence-electron chi connectivity index (χ0n) is 9.53. The van der Waals surface area contributed by atoms with Gasteiger partial charge in [-0.15, -0.1) is 0 Å². The second-order valence-corrected chi connectivity index (χ2v) is 4.71. The predicted molar refractivity (Wildman–Crippen MR) is 63.7 cm³/mol. The number of nitrogens with zero attached hydrogens (tertiary/aromatic N) is 2. The molecule has 1 aliphatic carbocycles. The molecule has 1 aliphatic rings. The Labute approximate surface area is 100 Å². The maximum Gasteiger partial charge on any atom is 0.254 e. The molecule has 0 bridgehead atoms. The number of hydrogen-bond acceptors (Lipinski definition) is 2. The Morgan fingerprint density at radius 3 is 2.69 bits per heavy atom. The van der Waals surface area contributed by atoms with Gasteiger partial charge in [-0.2, -0.15) is 0 Å². The quantitative estimate of drug-likeness (QED) is 0.743. The van der Waals surface area contributed by atoms with Crippen molar-refractivity contribution >= 4 is 17.5 Å². The Bertz CT molecular complexity index is 395. The maximum absolute atomic E-state index is 12.1. The Hall–Kier alpha value is -1.09. The largest absolute Gasteiger partial charge is 0.339 e. The Morgan fingerprint density at radius 2 is 2.19 bits per heavy atom. The van der Waals surface area contributed by atoms with Crippen LogP contribution in [0.3, 0.4) is 0 Å². The van der Waals surface area contributed by atoms with Gasteiger partial charge in [0.25, 0.3) is 5.91 Å². The summed E-state index contributed by atoms with van der Waals surface area (Å²) < 4.78 is 0. The lowest BCUT2D eigenvalue weighted by Crippen LogP contribution is -2.41. The molecule has 1 fully saturated rings. The minimum absolute atomic E-state index is 0.0390. The molecular weight excluding hydrogens is 224 g/mol. The number of carbonyl (C=O) groups is 1. The minimum atomic E-state index is 0.0390. The third-order valence-corrected chi connectivity index (χ3v) is 3.31. The highest BCUT2D eigenvalue weighted by molar-refractivity contribution is 6.29. The van der Waals surface area contributed by atoms with Crippen molar-refractivity contribution in [3.63, 3.8) is 0 Å². The van der Waals surface area contributed by atoms with Crippen LogP contribution in [0.2, 0.25) is 5.15 Å². The average molecular weight is 239 g/mol. The van der Waals surface area contributed by atoms with Crippen LogP contribution in [-0.4, -0.2) is 28.9 Å². The first-order valence-corrected chi connectivity index (χ1v) is 5.87. The second kappa shape index (κ2) is 4.42. The van der Waals surface area contributed by atoms with Gasteiger partial charge in [0, 0.05) is 24.3 Å². The summed E-state index contributed by atoms with van der Waals surface area (Å²) >= 11 is 5.84. The molecule has 0 radical (unpaired) electrons. The molecule has 1 aromatic heterocycles. The van der Waals surface area contributed by atoms with E-state index in [2.05, 4.69) is 4.98 Å². The SMILES string of the molecule is Cc1cc(C(=O)N(C)C2CCC2)cc(Cl)n1. The highest BCUT2D eigenvalue weighted by Gasteiger charge is 2.26. The average Bonchev–Trinajstić information content (AvgIpc) is 2.12. The van der Waals surface area contributed by atoms with Gasteiger partial charge < -0.3 is 4.90 Å². The van der Waals surface area contributed by atoms with E-state index in [1.807, 2.05) is 18.9 Å². The van der Waals surface area contributed by atoms with Gasteiger partial charge >= 0.3 is 0 Å². The lowest BCUT2D eigenvalue weighted by atomic mass is 9.91. The summed E-state index contributed by atoms with van der Waals surface area (Å²) in [4.78, 5) is 18.0. The number of halogens is 1. The van der Waals surface area contributed by atoms with E-state index >= 15 is 0 Å². The standard InChI is InChI=1S/C12H15ClN2O/c1-8-6-9(7-11(13)14-8)12(16)15(2)10-4-3-5-10/h6-7,10H,3-5H2,1-2H3. The topological polar surface area (TPSA) is 33.2 Å². The van der Waals surface area contributed by atoms with Crippen LogP contribution in [0.1, 0.15) is 35.3 Å². The normalized spacial score (nSPS) is 15.7. The molecule has 0 spiro atoms. The molecule has 4 heteroatoms. The molecule has 16 heavy (non-hydrogen) atoms. The molecule has 1 aromatic rings. The third-order valence-electron chi connectivity index (χ3n) is 3.11. The molecule has 0 unspecified atom stereocenters. The molecule has 1 saturated carbocycles. The summed E-state index contributed by atoms with van der Waals surface area (Å²) in [5, 5.41) is 0.380. The van der Waals surface area contributed by atoms with Crippen LogP contribution in [-0.2, 0) is 0 Å². The van der Waals surface area contributed by atoms with Gasteiger partial charge in [0.2, 0.25) is 0 Å². The second-order valence-electron chi connectivity index (χ2n) is 4.32. The van der Waals surface area contributed by atoms with Crippen LogP contribution in [0.25, 0.3) is 0 Å². The third kappa shape index (κ3) is 2.19. The van der Waals surface area contributed by atoms with Gasteiger partial charge in [0.15, 0.2) is 0 Å². The van der Waals surface area contributed by atoms with Crippen molar-refractivity contribution < 1.29 is 4.79 Å². The Kier molecular flexibility index (Phi) is 3.15. The van der Waals surface area contributed by atoms with Crippen LogP contribution >= 0.6 is 11.6 Å². The predicted octanol–water partition coefficient (Wildman–Crippen LogP) is 2.67. The number of amides is 1. The smallest absolute Gasteiger partial charge is 0.254 e. The van der Waals surface area contributed by atoms with E-state index in [4.69, 9.17) is 11.6 Å². The highest BCUT2D eigenvalue weighted by atomic mass is 35.5. The van der Waals surface area contributed by atoms with Crippen molar-refractivity contribution in [1.29, 1.82) is 0 Å². The summed E-state index contributed by atoms with van der Waals surface area (Å²) in [5.74, 6) is 0.0390.